The van der Waals surface area contributed by atoms with Crippen LogP contribution in [0.2, 0.25) is 0 Å². The molecule has 11 heavy (non-hydrogen) atoms. The Bertz CT molecular complexity index is 97.0. The topological polar surface area (TPSA) is 0 Å². The van der Waals surface area contributed by atoms with E-state index in [4.69, 9.17) is 0 Å². The van der Waals surface area contributed by atoms with Gasteiger partial charge >= 0.3 is 0 Å². The molecular formula is C10H19F. The van der Waals surface area contributed by atoms with Crippen molar-refractivity contribution in [1.82, 2.24) is 0 Å². The highest BCUT2D eigenvalue weighted by Crippen LogP contribution is 2.13. The van der Waals surface area contributed by atoms with Gasteiger partial charge in [-0.1, -0.05) is 38.8 Å². The van der Waals surface area contributed by atoms with Crippen molar-refractivity contribution in [2.45, 2.75) is 52.1 Å². The molecule has 0 aromatic heterocycles. The van der Waals surface area contributed by atoms with Crippen LogP contribution < -0.4 is 0 Å². The summed E-state index contributed by atoms with van der Waals surface area (Å²) in [5, 5.41) is 0. The van der Waals surface area contributed by atoms with Gasteiger partial charge in [-0.2, -0.15) is 0 Å². The van der Waals surface area contributed by atoms with E-state index in [1.807, 2.05) is 19.9 Å². The zero-order valence-electron chi connectivity index (χ0n) is 7.65. The lowest BCUT2D eigenvalue weighted by Gasteiger charge is -2.05. The Morgan fingerprint density at radius 2 is 1.91 bits per heavy atom. The van der Waals surface area contributed by atoms with Crippen molar-refractivity contribution < 1.29 is 4.39 Å². The fourth-order valence-corrected chi connectivity index (χ4v) is 1.12. The fraction of sp³-hybridized carbons (Fsp3) is 0.800. The van der Waals surface area contributed by atoms with E-state index >= 15 is 0 Å². The molecule has 66 valence electrons. The molecule has 0 saturated heterocycles. The van der Waals surface area contributed by atoms with Gasteiger partial charge in [0.05, 0.1) is 0 Å². The lowest BCUT2D eigenvalue weighted by molar-refractivity contribution is 0.360. The van der Waals surface area contributed by atoms with Crippen molar-refractivity contribution >= 4 is 0 Å². The van der Waals surface area contributed by atoms with E-state index in [0.717, 1.165) is 19.3 Å². The standard InChI is InChI=1S/C8H13F.C2H6/c9-8-6-4-2-1-3-5-7-8;1-2/h4,6,8H,1-3,5,7H2;1-2H3/b6-4-;. The minimum atomic E-state index is -0.662. The number of hydrogen-bond donors (Lipinski definition) is 0. The molecular weight excluding hydrogens is 139 g/mol. The van der Waals surface area contributed by atoms with E-state index in [0.29, 0.717) is 0 Å². The summed E-state index contributed by atoms with van der Waals surface area (Å²) < 4.78 is 12.5. The van der Waals surface area contributed by atoms with Crippen LogP contribution in [0.1, 0.15) is 46.0 Å². The number of alkyl halides is 1. The molecule has 0 aromatic carbocycles. The number of rotatable bonds is 0. The Kier molecular flexibility index (Phi) is 7.54. The van der Waals surface area contributed by atoms with Crippen molar-refractivity contribution in [3.05, 3.63) is 12.2 Å². The van der Waals surface area contributed by atoms with Crippen molar-refractivity contribution in [1.29, 1.82) is 0 Å². The van der Waals surface area contributed by atoms with Crippen molar-refractivity contribution in [2.75, 3.05) is 0 Å². The third-order valence-corrected chi connectivity index (χ3v) is 1.70. The van der Waals surface area contributed by atoms with Crippen molar-refractivity contribution in [3.63, 3.8) is 0 Å². The monoisotopic (exact) mass is 158 g/mol. The van der Waals surface area contributed by atoms with E-state index < -0.39 is 6.17 Å². The molecule has 1 rings (SSSR count). The molecule has 0 spiro atoms. The first-order valence-corrected chi connectivity index (χ1v) is 4.70. The zero-order valence-corrected chi connectivity index (χ0v) is 7.65. The molecule has 0 amide bonds. The molecule has 1 atom stereocenters. The summed E-state index contributed by atoms with van der Waals surface area (Å²) in [6.07, 6.45) is 8.30. The molecule has 1 aliphatic rings. The highest BCUT2D eigenvalue weighted by Gasteiger charge is 2.02. The molecule has 0 saturated carbocycles. The average molecular weight is 158 g/mol. The van der Waals surface area contributed by atoms with Crippen LogP contribution in [0.3, 0.4) is 0 Å². The van der Waals surface area contributed by atoms with E-state index in [9.17, 15) is 4.39 Å². The van der Waals surface area contributed by atoms with Gasteiger partial charge in [0.15, 0.2) is 0 Å². The van der Waals surface area contributed by atoms with Gasteiger partial charge < -0.3 is 0 Å². The van der Waals surface area contributed by atoms with Crippen LogP contribution in [0.15, 0.2) is 12.2 Å². The maximum atomic E-state index is 12.5. The smallest absolute Gasteiger partial charge is 0.118 e. The van der Waals surface area contributed by atoms with Gasteiger partial charge in [-0.25, -0.2) is 4.39 Å². The normalized spacial score (nSPS) is 27.4. The summed E-state index contributed by atoms with van der Waals surface area (Å²) in [4.78, 5) is 0. The van der Waals surface area contributed by atoms with Gasteiger partial charge in [-0.05, 0) is 19.3 Å². The first kappa shape index (κ1) is 10.7. The maximum absolute atomic E-state index is 12.5. The van der Waals surface area contributed by atoms with Crippen LogP contribution in [-0.4, -0.2) is 6.17 Å². The SMILES string of the molecule is CC.FC1/C=C\CCCCC1. The molecule has 0 radical (unpaired) electrons. The minimum Gasteiger partial charge on any atom is -0.243 e. The molecule has 1 unspecified atom stereocenters. The van der Waals surface area contributed by atoms with E-state index in [-0.39, 0.29) is 0 Å². The number of hydrogen-bond acceptors (Lipinski definition) is 0. The Labute approximate surface area is 69.5 Å². The molecule has 0 bridgehead atoms. The van der Waals surface area contributed by atoms with Crippen molar-refractivity contribution in [3.8, 4) is 0 Å². The molecule has 0 fully saturated rings. The second kappa shape index (κ2) is 7.77. The maximum Gasteiger partial charge on any atom is 0.118 e. The summed E-state index contributed by atoms with van der Waals surface area (Å²) >= 11 is 0. The van der Waals surface area contributed by atoms with Crippen LogP contribution in [0.25, 0.3) is 0 Å². The van der Waals surface area contributed by atoms with E-state index in [1.165, 1.54) is 12.8 Å². The average Bonchev–Trinajstić information content (AvgIpc) is 2.01. The number of halogens is 1. The molecule has 0 heterocycles. The van der Waals surface area contributed by atoms with E-state index in [2.05, 4.69) is 0 Å². The molecule has 0 aromatic rings. The minimum absolute atomic E-state index is 0.662. The van der Waals surface area contributed by atoms with Gasteiger partial charge in [0, 0.05) is 0 Å². The fourth-order valence-electron chi connectivity index (χ4n) is 1.12. The second-order valence-corrected chi connectivity index (χ2v) is 2.58. The highest BCUT2D eigenvalue weighted by molar-refractivity contribution is 4.89. The first-order valence-electron chi connectivity index (χ1n) is 4.70. The molecule has 1 aliphatic carbocycles. The predicted octanol–water partition coefficient (Wildman–Crippen LogP) is 3.87. The Balaban J connectivity index is 0.000000461. The lowest BCUT2D eigenvalue weighted by Crippen LogP contribution is -1.96. The van der Waals surface area contributed by atoms with Crippen LogP contribution in [0.4, 0.5) is 4.39 Å². The summed E-state index contributed by atoms with van der Waals surface area (Å²) in [5.74, 6) is 0. The third kappa shape index (κ3) is 6.08. The van der Waals surface area contributed by atoms with Crippen LogP contribution in [0, 0.1) is 0 Å². The Morgan fingerprint density at radius 1 is 1.18 bits per heavy atom. The highest BCUT2D eigenvalue weighted by atomic mass is 19.1. The largest absolute Gasteiger partial charge is 0.243 e. The first-order chi connectivity index (χ1) is 5.39. The van der Waals surface area contributed by atoms with Gasteiger partial charge in [0.25, 0.3) is 0 Å². The van der Waals surface area contributed by atoms with Gasteiger partial charge in [0.1, 0.15) is 6.17 Å². The second-order valence-electron chi connectivity index (χ2n) is 2.58. The van der Waals surface area contributed by atoms with Crippen molar-refractivity contribution in [2.24, 2.45) is 0 Å². The molecule has 0 nitrogen and oxygen atoms in total. The summed E-state index contributed by atoms with van der Waals surface area (Å²) in [7, 11) is 0. The lowest BCUT2D eigenvalue weighted by atomic mass is 10.1. The van der Waals surface area contributed by atoms with Gasteiger partial charge in [0.2, 0.25) is 0 Å². The Hall–Kier alpha value is -0.330. The molecule has 0 N–H and O–H groups in total. The van der Waals surface area contributed by atoms with Gasteiger partial charge in [-0.15, -0.1) is 0 Å². The summed E-state index contributed by atoms with van der Waals surface area (Å²) in [5.41, 5.74) is 0. The summed E-state index contributed by atoms with van der Waals surface area (Å²) in [6.45, 7) is 4.00. The third-order valence-electron chi connectivity index (χ3n) is 1.70. The van der Waals surface area contributed by atoms with Crippen LogP contribution in [-0.2, 0) is 0 Å². The molecule has 1 heteroatoms. The number of allylic oxidation sites excluding steroid dienone is 2. The Morgan fingerprint density at radius 3 is 2.64 bits per heavy atom. The van der Waals surface area contributed by atoms with Gasteiger partial charge in [-0.3, -0.25) is 0 Å². The molecule has 0 aliphatic heterocycles. The summed E-state index contributed by atoms with van der Waals surface area (Å²) in [6, 6.07) is 0. The van der Waals surface area contributed by atoms with Crippen LogP contribution in [0.5, 0.6) is 0 Å². The quantitative estimate of drug-likeness (QED) is 0.469. The predicted molar refractivity (Wildman–Crippen MR) is 48.5 cm³/mol. The van der Waals surface area contributed by atoms with Crippen LogP contribution >= 0.6 is 0 Å². The zero-order chi connectivity index (χ0) is 8.53. The van der Waals surface area contributed by atoms with E-state index in [1.54, 1.807) is 6.08 Å².